The van der Waals surface area contributed by atoms with Crippen molar-refractivity contribution in [2.24, 2.45) is 17.4 Å². The van der Waals surface area contributed by atoms with E-state index in [-0.39, 0.29) is 6.04 Å². The van der Waals surface area contributed by atoms with Gasteiger partial charge in [-0.1, -0.05) is 6.92 Å². The molecular formula is C11H25N3O2. The second-order valence-electron chi connectivity index (χ2n) is 5.16. The molecular weight excluding hydrogens is 206 g/mol. The molecule has 0 aromatic rings. The molecule has 96 valence electrons. The number of rotatable bonds is 5. The third-order valence-electron chi connectivity index (χ3n) is 2.09. The smallest absolute Gasteiger partial charge is 0.407 e. The quantitative estimate of drug-likeness (QED) is 0.653. The third kappa shape index (κ3) is 7.48. The van der Waals surface area contributed by atoms with Crippen LogP contribution in [0.25, 0.3) is 0 Å². The van der Waals surface area contributed by atoms with Gasteiger partial charge in [0.25, 0.3) is 0 Å². The zero-order chi connectivity index (χ0) is 12.8. The summed E-state index contributed by atoms with van der Waals surface area (Å²) >= 11 is 0. The Morgan fingerprint density at radius 2 is 1.88 bits per heavy atom. The zero-order valence-electron chi connectivity index (χ0n) is 10.7. The Morgan fingerprint density at radius 1 is 1.31 bits per heavy atom. The number of hydrogen-bond acceptors (Lipinski definition) is 4. The van der Waals surface area contributed by atoms with Gasteiger partial charge in [-0.3, -0.25) is 0 Å². The summed E-state index contributed by atoms with van der Waals surface area (Å²) in [7, 11) is 0. The molecule has 0 bridgehead atoms. The van der Waals surface area contributed by atoms with Crippen molar-refractivity contribution in [3.05, 3.63) is 0 Å². The number of carbonyl (C=O) groups is 1. The lowest BCUT2D eigenvalue weighted by Gasteiger charge is -2.24. The van der Waals surface area contributed by atoms with Crippen LogP contribution >= 0.6 is 0 Å². The Morgan fingerprint density at radius 3 is 2.25 bits per heavy atom. The summed E-state index contributed by atoms with van der Waals surface area (Å²) in [6.45, 7) is 8.49. The number of ether oxygens (including phenoxy) is 1. The van der Waals surface area contributed by atoms with Gasteiger partial charge in [0.15, 0.2) is 0 Å². The third-order valence-corrected chi connectivity index (χ3v) is 2.09. The van der Waals surface area contributed by atoms with Crippen LogP contribution in [0.3, 0.4) is 0 Å². The highest BCUT2D eigenvalue weighted by Gasteiger charge is 2.19. The fraction of sp³-hybridized carbons (Fsp3) is 0.909. The van der Waals surface area contributed by atoms with Crippen molar-refractivity contribution in [3.8, 4) is 0 Å². The Balaban J connectivity index is 4.07. The first-order valence-corrected chi connectivity index (χ1v) is 5.68. The lowest BCUT2D eigenvalue weighted by Crippen LogP contribution is -2.44. The summed E-state index contributed by atoms with van der Waals surface area (Å²) in [6.07, 6.45) is 0.346. The largest absolute Gasteiger partial charge is 0.444 e. The molecule has 0 aliphatic carbocycles. The fourth-order valence-corrected chi connectivity index (χ4v) is 1.27. The van der Waals surface area contributed by atoms with Crippen molar-refractivity contribution >= 4 is 6.09 Å². The maximum Gasteiger partial charge on any atom is 0.407 e. The summed E-state index contributed by atoms with van der Waals surface area (Å²) in [6, 6.07) is -0.0756. The van der Waals surface area contributed by atoms with Crippen LogP contribution in [0.15, 0.2) is 0 Å². The molecule has 0 aromatic carbocycles. The minimum atomic E-state index is -0.483. The highest BCUT2D eigenvalue weighted by molar-refractivity contribution is 5.68. The average Bonchev–Trinajstić information content (AvgIpc) is 2.13. The lowest BCUT2D eigenvalue weighted by molar-refractivity contribution is 0.0500. The van der Waals surface area contributed by atoms with E-state index < -0.39 is 11.7 Å². The van der Waals surface area contributed by atoms with E-state index in [0.717, 1.165) is 6.42 Å². The van der Waals surface area contributed by atoms with Crippen molar-refractivity contribution in [2.75, 3.05) is 13.1 Å². The highest BCUT2D eigenvalue weighted by atomic mass is 16.6. The van der Waals surface area contributed by atoms with Gasteiger partial charge in [0.2, 0.25) is 0 Å². The molecule has 5 nitrogen and oxygen atoms in total. The van der Waals surface area contributed by atoms with Gasteiger partial charge in [-0.05, 0) is 39.7 Å². The van der Waals surface area contributed by atoms with Gasteiger partial charge in [-0.25, -0.2) is 4.79 Å². The monoisotopic (exact) mass is 231 g/mol. The summed E-state index contributed by atoms with van der Waals surface area (Å²) in [5.74, 6) is 0.337. The zero-order valence-corrected chi connectivity index (χ0v) is 10.7. The molecule has 0 aliphatic rings. The SMILES string of the molecule is C[C@H](CN)C[C@@H](CN)NC(=O)OC(C)(C)C. The number of nitrogens with one attached hydrogen (secondary N) is 1. The Hall–Kier alpha value is -0.810. The summed E-state index contributed by atoms with van der Waals surface area (Å²) in [5, 5.41) is 2.75. The van der Waals surface area contributed by atoms with Crippen LogP contribution in [0, 0.1) is 5.92 Å². The van der Waals surface area contributed by atoms with Crippen LogP contribution in [0.4, 0.5) is 4.79 Å². The standard InChI is InChI=1S/C11H25N3O2/c1-8(6-12)5-9(7-13)14-10(15)16-11(2,3)4/h8-9H,5-7,12-13H2,1-4H3,(H,14,15)/t8-,9-/m0/s1. The van der Waals surface area contributed by atoms with Crippen molar-refractivity contribution in [1.29, 1.82) is 0 Å². The van der Waals surface area contributed by atoms with Crippen LogP contribution in [-0.4, -0.2) is 30.8 Å². The number of alkyl carbamates (subject to hydrolysis) is 1. The normalized spacial score (nSPS) is 15.4. The molecule has 5 heteroatoms. The number of hydrogen-bond donors (Lipinski definition) is 3. The van der Waals surface area contributed by atoms with E-state index in [1.54, 1.807) is 0 Å². The molecule has 2 atom stereocenters. The van der Waals surface area contributed by atoms with E-state index in [1.165, 1.54) is 0 Å². The molecule has 0 unspecified atom stereocenters. The molecule has 0 radical (unpaired) electrons. The van der Waals surface area contributed by atoms with Gasteiger partial charge in [-0.15, -0.1) is 0 Å². The van der Waals surface area contributed by atoms with E-state index in [4.69, 9.17) is 16.2 Å². The van der Waals surface area contributed by atoms with E-state index >= 15 is 0 Å². The molecule has 0 saturated heterocycles. The highest BCUT2D eigenvalue weighted by Crippen LogP contribution is 2.08. The van der Waals surface area contributed by atoms with Gasteiger partial charge in [0.1, 0.15) is 5.60 Å². The number of carbonyl (C=O) groups excluding carboxylic acids is 1. The maximum atomic E-state index is 11.5. The van der Waals surface area contributed by atoms with Crippen LogP contribution < -0.4 is 16.8 Å². The van der Waals surface area contributed by atoms with Gasteiger partial charge < -0.3 is 21.5 Å². The van der Waals surface area contributed by atoms with E-state index in [1.807, 2.05) is 27.7 Å². The topological polar surface area (TPSA) is 90.4 Å². The molecule has 5 N–H and O–H groups in total. The van der Waals surface area contributed by atoms with Crippen molar-refractivity contribution in [3.63, 3.8) is 0 Å². The average molecular weight is 231 g/mol. The van der Waals surface area contributed by atoms with Crippen molar-refractivity contribution in [2.45, 2.75) is 45.8 Å². The molecule has 0 aromatic heterocycles. The Labute approximate surface area is 97.9 Å². The minimum absolute atomic E-state index is 0.0756. The Bertz CT molecular complexity index is 214. The maximum absolute atomic E-state index is 11.5. The van der Waals surface area contributed by atoms with Gasteiger partial charge in [-0.2, -0.15) is 0 Å². The molecule has 0 spiro atoms. The predicted molar refractivity (Wildman–Crippen MR) is 65.0 cm³/mol. The predicted octanol–water partition coefficient (Wildman–Crippen LogP) is 0.823. The van der Waals surface area contributed by atoms with E-state index in [0.29, 0.717) is 19.0 Å². The van der Waals surface area contributed by atoms with Crippen LogP contribution in [0.2, 0.25) is 0 Å². The molecule has 0 rings (SSSR count). The number of amides is 1. The van der Waals surface area contributed by atoms with Crippen LogP contribution in [0.5, 0.6) is 0 Å². The van der Waals surface area contributed by atoms with E-state index in [9.17, 15) is 4.79 Å². The Kier molecular flexibility index (Phi) is 6.36. The van der Waals surface area contributed by atoms with Crippen LogP contribution in [-0.2, 0) is 4.74 Å². The summed E-state index contributed by atoms with van der Waals surface area (Å²) in [4.78, 5) is 11.5. The first-order chi connectivity index (χ1) is 7.28. The molecule has 0 fully saturated rings. The van der Waals surface area contributed by atoms with Crippen molar-refractivity contribution < 1.29 is 9.53 Å². The van der Waals surface area contributed by atoms with Crippen LogP contribution in [0.1, 0.15) is 34.1 Å². The van der Waals surface area contributed by atoms with Gasteiger partial charge in [0.05, 0.1) is 0 Å². The number of nitrogens with two attached hydrogens (primary N) is 2. The minimum Gasteiger partial charge on any atom is -0.444 e. The van der Waals surface area contributed by atoms with Crippen molar-refractivity contribution in [1.82, 2.24) is 5.32 Å². The molecule has 0 heterocycles. The second kappa shape index (κ2) is 6.70. The molecule has 0 aliphatic heterocycles. The molecule has 1 amide bonds. The first-order valence-electron chi connectivity index (χ1n) is 5.68. The molecule has 0 saturated carbocycles. The second-order valence-corrected chi connectivity index (χ2v) is 5.16. The fourth-order valence-electron chi connectivity index (χ4n) is 1.27. The summed E-state index contributed by atoms with van der Waals surface area (Å²) < 4.78 is 5.15. The van der Waals surface area contributed by atoms with E-state index in [2.05, 4.69) is 5.32 Å². The lowest BCUT2D eigenvalue weighted by atomic mass is 10.0. The summed E-state index contributed by atoms with van der Waals surface area (Å²) in [5.41, 5.74) is 10.6. The van der Waals surface area contributed by atoms with Gasteiger partial charge in [0, 0.05) is 12.6 Å². The molecule has 16 heavy (non-hydrogen) atoms. The van der Waals surface area contributed by atoms with Gasteiger partial charge >= 0.3 is 6.09 Å². The first kappa shape index (κ1) is 15.2.